The monoisotopic (exact) mass is 473 g/mol. The van der Waals surface area contributed by atoms with Gasteiger partial charge in [0.15, 0.2) is 5.82 Å². The van der Waals surface area contributed by atoms with Crippen LogP contribution in [0.1, 0.15) is 41.9 Å². The van der Waals surface area contributed by atoms with Gasteiger partial charge < -0.3 is 15.4 Å². The van der Waals surface area contributed by atoms with Crippen molar-refractivity contribution in [1.29, 1.82) is 0 Å². The number of carbonyl (C=O) groups excluding carboxylic acids is 2. The molecule has 0 spiro atoms. The minimum atomic E-state index is -3.10. The van der Waals surface area contributed by atoms with Crippen LogP contribution in [0.15, 0.2) is 31.1 Å². The van der Waals surface area contributed by atoms with Gasteiger partial charge in [0.25, 0.3) is 17.7 Å². The Kier molecular flexibility index (Phi) is 6.30. The van der Waals surface area contributed by atoms with Crippen LogP contribution in [-0.2, 0) is 7.05 Å². The van der Waals surface area contributed by atoms with E-state index in [1.165, 1.54) is 32.0 Å². The number of hydrogen-bond donors (Lipinski definition) is 3. The molecule has 3 N–H and O–H groups in total. The number of aryl methyl sites for hydroxylation is 1. The lowest BCUT2D eigenvalue weighted by molar-refractivity contribution is 0.0219. The summed E-state index contributed by atoms with van der Waals surface area (Å²) in [6.45, 7) is -0.195. The molecule has 1 aliphatic rings. The third-order valence-corrected chi connectivity index (χ3v) is 4.72. The minimum absolute atomic E-state index is 0.0262. The van der Waals surface area contributed by atoms with Gasteiger partial charge in [-0.3, -0.25) is 14.8 Å². The van der Waals surface area contributed by atoms with E-state index in [0.717, 1.165) is 17.5 Å². The Labute approximate surface area is 192 Å². The van der Waals surface area contributed by atoms with E-state index in [4.69, 9.17) is 4.74 Å². The van der Waals surface area contributed by atoms with Crippen molar-refractivity contribution >= 4 is 29.2 Å². The number of aromatic nitrogens is 6. The molecule has 3 aromatic heterocycles. The molecule has 1 saturated carbocycles. The molecule has 0 bridgehead atoms. The van der Waals surface area contributed by atoms with Crippen molar-refractivity contribution in [2.24, 2.45) is 7.05 Å². The van der Waals surface area contributed by atoms with Crippen LogP contribution >= 0.6 is 0 Å². The maximum absolute atomic E-state index is 13.1. The highest BCUT2D eigenvalue weighted by Crippen LogP contribution is 2.40. The zero-order valence-electron chi connectivity index (χ0n) is 18.2. The Morgan fingerprint density at radius 3 is 2.62 bits per heavy atom. The summed E-state index contributed by atoms with van der Waals surface area (Å²) in [5, 5.41) is 11.3. The van der Waals surface area contributed by atoms with E-state index in [2.05, 4.69) is 41.0 Å². The molecule has 0 atom stereocenters. The molecule has 12 nitrogen and oxygen atoms in total. The van der Waals surface area contributed by atoms with Crippen molar-refractivity contribution in [2.45, 2.75) is 31.6 Å². The molecular weight excluding hydrogens is 452 g/mol. The molecule has 1 fully saturated rings. The van der Waals surface area contributed by atoms with Crippen molar-refractivity contribution in [1.82, 2.24) is 35.0 Å². The van der Waals surface area contributed by atoms with Gasteiger partial charge in [0, 0.05) is 19.9 Å². The second-order valence-electron chi connectivity index (χ2n) is 7.77. The fourth-order valence-electron chi connectivity index (χ4n) is 2.96. The van der Waals surface area contributed by atoms with Crippen molar-refractivity contribution in [3.63, 3.8) is 0 Å². The maximum Gasteiger partial charge on any atom is 0.418 e. The Hall–Kier alpha value is -4.23. The molecule has 1 aliphatic carbocycles. The van der Waals surface area contributed by atoms with Gasteiger partial charge >= 0.3 is 6.09 Å². The van der Waals surface area contributed by atoms with Crippen LogP contribution < -0.4 is 20.7 Å². The van der Waals surface area contributed by atoms with E-state index >= 15 is 0 Å². The first-order valence-electron chi connectivity index (χ1n) is 10.3. The third-order valence-electron chi connectivity index (χ3n) is 4.72. The zero-order chi connectivity index (χ0) is 24.3. The molecule has 4 rings (SSSR count). The van der Waals surface area contributed by atoms with Crippen LogP contribution in [0.2, 0.25) is 0 Å². The first-order chi connectivity index (χ1) is 16.2. The van der Waals surface area contributed by atoms with Gasteiger partial charge in [-0.1, -0.05) is 0 Å². The van der Waals surface area contributed by atoms with E-state index in [-0.39, 0.29) is 29.0 Å². The molecule has 0 saturated heterocycles. The number of amides is 2. The van der Waals surface area contributed by atoms with E-state index in [1.807, 2.05) is 0 Å². The number of halogens is 2. The highest BCUT2D eigenvalue weighted by molar-refractivity contribution is 6.01. The van der Waals surface area contributed by atoms with Crippen LogP contribution in [0.4, 0.5) is 30.8 Å². The van der Waals surface area contributed by atoms with Gasteiger partial charge in [-0.25, -0.2) is 33.5 Å². The fraction of sp³-hybridized carbons (Fsp3) is 0.350. The summed E-state index contributed by atoms with van der Waals surface area (Å²) in [5.41, 5.74) is 1.03. The Morgan fingerprint density at radius 1 is 1.21 bits per heavy atom. The highest BCUT2D eigenvalue weighted by atomic mass is 19.3. The summed E-state index contributed by atoms with van der Waals surface area (Å²) >= 11 is 0. The van der Waals surface area contributed by atoms with E-state index in [0.29, 0.717) is 18.3 Å². The quantitative estimate of drug-likeness (QED) is 0.449. The van der Waals surface area contributed by atoms with E-state index < -0.39 is 24.5 Å². The standard InChI is InChI=1S/C20H21F2N9O3/c1-20(21,22)9-26-17(32)15-14(8-27-31(15)2)30-19(33)34-18-16(28-12-5-23-10-24-6-12)25-7-13(29-18)11-3-4-11/h5-8,10-11H,3-4,9H2,1-2H3,(H,25,28)(H,26,32)(H,30,33). The Bertz CT molecular complexity index is 1190. The molecule has 3 heterocycles. The lowest BCUT2D eigenvalue weighted by Gasteiger charge is -2.13. The summed E-state index contributed by atoms with van der Waals surface area (Å²) in [4.78, 5) is 41.5. The number of nitrogens with one attached hydrogen (secondary N) is 3. The first-order valence-corrected chi connectivity index (χ1v) is 10.3. The molecule has 0 radical (unpaired) electrons. The highest BCUT2D eigenvalue weighted by Gasteiger charge is 2.28. The van der Waals surface area contributed by atoms with Crippen molar-refractivity contribution < 1.29 is 23.1 Å². The van der Waals surface area contributed by atoms with Crippen LogP contribution in [0.3, 0.4) is 0 Å². The molecular formula is C20H21F2N9O3. The summed E-state index contributed by atoms with van der Waals surface area (Å²) in [6, 6.07) is 0. The molecule has 34 heavy (non-hydrogen) atoms. The lowest BCUT2D eigenvalue weighted by atomic mass is 10.3. The smallest absolute Gasteiger partial charge is 0.387 e. The van der Waals surface area contributed by atoms with Crippen LogP contribution in [-0.4, -0.2) is 54.2 Å². The molecule has 0 aromatic carbocycles. The SMILES string of the molecule is Cn1ncc(NC(=O)Oc2nc(C3CC3)cnc2Nc2cncnc2)c1C(=O)NCC(C)(F)F. The second-order valence-corrected chi connectivity index (χ2v) is 7.77. The predicted octanol–water partition coefficient (Wildman–Crippen LogP) is 2.62. The molecule has 3 aromatic rings. The number of nitrogens with zero attached hydrogens (tertiary/aromatic N) is 6. The van der Waals surface area contributed by atoms with E-state index in [1.54, 1.807) is 6.20 Å². The number of carbonyl (C=O) groups is 2. The van der Waals surface area contributed by atoms with Crippen LogP contribution in [0, 0.1) is 0 Å². The summed E-state index contributed by atoms with van der Waals surface area (Å²) in [6.07, 6.45) is 8.13. The van der Waals surface area contributed by atoms with Gasteiger partial charge in [0.1, 0.15) is 12.0 Å². The largest absolute Gasteiger partial charge is 0.418 e. The number of hydrogen-bond acceptors (Lipinski definition) is 9. The van der Waals surface area contributed by atoms with E-state index in [9.17, 15) is 18.4 Å². The third kappa shape index (κ3) is 5.76. The van der Waals surface area contributed by atoms with Gasteiger partial charge in [0.05, 0.1) is 48.4 Å². The average Bonchev–Trinajstić information content (AvgIpc) is 3.57. The molecule has 0 unspecified atom stereocenters. The normalized spacial score (nSPS) is 13.3. The van der Waals surface area contributed by atoms with Gasteiger partial charge in [-0.05, 0) is 12.8 Å². The predicted molar refractivity (Wildman–Crippen MR) is 115 cm³/mol. The topological polar surface area (TPSA) is 149 Å². The van der Waals surface area contributed by atoms with Crippen molar-refractivity contribution in [3.8, 4) is 5.88 Å². The minimum Gasteiger partial charge on any atom is -0.387 e. The fourth-order valence-corrected chi connectivity index (χ4v) is 2.96. The maximum atomic E-state index is 13.1. The summed E-state index contributed by atoms with van der Waals surface area (Å²) in [5.74, 6) is -3.62. The number of ether oxygens (including phenoxy) is 1. The number of alkyl halides is 2. The van der Waals surface area contributed by atoms with Gasteiger partial charge in [-0.2, -0.15) is 5.10 Å². The molecule has 2 amide bonds. The molecule has 178 valence electrons. The summed E-state index contributed by atoms with van der Waals surface area (Å²) < 4.78 is 32.8. The van der Waals surface area contributed by atoms with Crippen molar-refractivity contribution in [2.75, 3.05) is 17.2 Å². The number of anilines is 3. The molecule has 14 heteroatoms. The van der Waals surface area contributed by atoms with Gasteiger partial charge in [-0.15, -0.1) is 0 Å². The van der Waals surface area contributed by atoms with Crippen LogP contribution in [0.25, 0.3) is 0 Å². The lowest BCUT2D eigenvalue weighted by Crippen LogP contribution is -2.36. The first kappa shape index (κ1) is 22.9. The average molecular weight is 473 g/mol. The zero-order valence-corrected chi connectivity index (χ0v) is 18.2. The van der Waals surface area contributed by atoms with Crippen molar-refractivity contribution in [3.05, 3.63) is 42.5 Å². The Morgan fingerprint density at radius 2 is 1.94 bits per heavy atom. The Balaban J connectivity index is 1.51. The second kappa shape index (κ2) is 9.33. The number of rotatable bonds is 8. The van der Waals surface area contributed by atoms with Gasteiger partial charge in [0.2, 0.25) is 0 Å². The van der Waals surface area contributed by atoms with Crippen LogP contribution in [0.5, 0.6) is 5.88 Å². The summed E-state index contributed by atoms with van der Waals surface area (Å²) in [7, 11) is 1.43. The molecule has 0 aliphatic heterocycles.